The number of carbonyl (C=O) groups is 1. The number of aryl methyl sites for hydroxylation is 1. The van der Waals surface area contributed by atoms with E-state index < -0.39 is 11.9 Å². The molecule has 1 atom stereocenters. The van der Waals surface area contributed by atoms with Gasteiger partial charge in [-0.25, -0.2) is 4.98 Å². The van der Waals surface area contributed by atoms with E-state index in [1.807, 2.05) is 0 Å². The van der Waals surface area contributed by atoms with Gasteiger partial charge in [0, 0.05) is 10.4 Å². The molecule has 1 N–H and O–H groups in total. The number of hydrogen-bond acceptors (Lipinski definition) is 3. The van der Waals surface area contributed by atoms with Crippen LogP contribution in [0.2, 0.25) is 0 Å². The van der Waals surface area contributed by atoms with Gasteiger partial charge in [0.15, 0.2) is 0 Å². The van der Waals surface area contributed by atoms with Gasteiger partial charge in [0.25, 0.3) is 0 Å². The molecule has 1 heterocycles. The molecular formula is C17H17NO2S. The molecule has 1 saturated carbocycles. The summed E-state index contributed by atoms with van der Waals surface area (Å²) in [5, 5.41) is 10.3. The van der Waals surface area contributed by atoms with Crippen LogP contribution in [0.1, 0.15) is 53.7 Å². The maximum absolute atomic E-state index is 11.4. The van der Waals surface area contributed by atoms with E-state index in [4.69, 9.17) is 0 Å². The lowest BCUT2D eigenvalue weighted by Gasteiger charge is -2.16. The largest absolute Gasteiger partial charge is 0.481 e. The molecule has 0 radical (unpaired) electrons. The molecule has 1 unspecified atom stereocenters. The predicted octanol–water partition coefficient (Wildman–Crippen LogP) is 4.19. The number of hydrogen-bond donors (Lipinski definition) is 1. The molecule has 0 spiro atoms. The van der Waals surface area contributed by atoms with Crippen molar-refractivity contribution in [3.8, 4) is 10.6 Å². The minimum absolute atomic E-state index is 0.413. The smallest absolute Gasteiger partial charge is 0.312 e. The van der Waals surface area contributed by atoms with Crippen LogP contribution < -0.4 is 0 Å². The molecule has 1 aromatic carbocycles. The third-order valence-electron chi connectivity index (χ3n) is 4.46. The SMILES string of the molecule is O=C(O)C1CCCc2sc(-c3ccc(C4CC4)cc3)nc21. The monoisotopic (exact) mass is 299 g/mol. The molecule has 2 aromatic rings. The molecule has 21 heavy (non-hydrogen) atoms. The van der Waals surface area contributed by atoms with Crippen LogP contribution in [0, 0.1) is 0 Å². The lowest BCUT2D eigenvalue weighted by Crippen LogP contribution is -2.17. The lowest BCUT2D eigenvalue weighted by atomic mass is 9.91. The van der Waals surface area contributed by atoms with E-state index in [2.05, 4.69) is 29.2 Å². The van der Waals surface area contributed by atoms with Crippen LogP contribution in [-0.2, 0) is 11.2 Å². The Bertz CT molecular complexity index is 685. The molecule has 4 rings (SSSR count). The zero-order valence-electron chi connectivity index (χ0n) is 11.7. The molecule has 4 heteroatoms. The van der Waals surface area contributed by atoms with Crippen LogP contribution in [0.5, 0.6) is 0 Å². The first-order valence-corrected chi connectivity index (χ1v) is 8.37. The van der Waals surface area contributed by atoms with Gasteiger partial charge < -0.3 is 5.11 Å². The minimum atomic E-state index is -0.739. The summed E-state index contributed by atoms with van der Waals surface area (Å²) in [6, 6.07) is 8.66. The van der Waals surface area contributed by atoms with Crippen LogP contribution in [0.4, 0.5) is 0 Å². The van der Waals surface area contributed by atoms with Crippen molar-refractivity contribution in [3.05, 3.63) is 40.4 Å². The van der Waals surface area contributed by atoms with Crippen LogP contribution in [-0.4, -0.2) is 16.1 Å². The van der Waals surface area contributed by atoms with Crippen molar-refractivity contribution in [2.75, 3.05) is 0 Å². The standard InChI is InChI=1S/C17H17NO2S/c19-17(20)13-2-1-3-14-15(13)18-16(21-14)12-8-6-11(7-9-12)10-4-5-10/h6-10,13H,1-5H2,(H,19,20). The normalized spacial score (nSPS) is 21.0. The van der Waals surface area contributed by atoms with Crippen LogP contribution in [0.15, 0.2) is 24.3 Å². The number of fused-ring (bicyclic) bond motifs is 1. The molecular weight excluding hydrogens is 282 g/mol. The highest BCUT2D eigenvalue weighted by Gasteiger charge is 2.30. The molecule has 0 aliphatic heterocycles. The Kier molecular flexibility index (Phi) is 3.07. The number of rotatable bonds is 3. The van der Waals surface area contributed by atoms with Gasteiger partial charge in [-0.05, 0) is 43.6 Å². The third kappa shape index (κ3) is 2.38. The number of aliphatic carboxylic acids is 1. The van der Waals surface area contributed by atoms with Crippen molar-refractivity contribution >= 4 is 17.3 Å². The van der Waals surface area contributed by atoms with Crippen LogP contribution in [0.25, 0.3) is 10.6 Å². The summed E-state index contributed by atoms with van der Waals surface area (Å²) in [6.45, 7) is 0. The summed E-state index contributed by atoms with van der Waals surface area (Å²) in [5.74, 6) is -0.388. The maximum atomic E-state index is 11.4. The third-order valence-corrected chi connectivity index (χ3v) is 5.64. The zero-order chi connectivity index (χ0) is 14.4. The first kappa shape index (κ1) is 13.0. The molecule has 0 saturated heterocycles. The molecule has 2 aliphatic rings. The summed E-state index contributed by atoms with van der Waals surface area (Å²) in [4.78, 5) is 17.2. The fourth-order valence-electron chi connectivity index (χ4n) is 3.10. The average molecular weight is 299 g/mol. The quantitative estimate of drug-likeness (QED) is 0.924. The van der Waals surface area contributed by atoms with Crippen molar-refractivity contribution < 1.29 is 9.90 Å². The molecule has 1 aromatic heterocycles. The van der Waals surface area contributed by atoms with Gasteiger partial charge in [-0.15, -0.1) is 11.3 Å². The first-order chi connectivity index (χ1) is 10.2. The van der Waals surface area contributed by atoms with E-state index in [1.165, 1.54) is 18.4 Å². The Hall–Kier alpha value is -1.68. The Morgan fingerprint density at radius 3 is 2.62 bits per heavy atom. The van der Waals surface area contributed by atoms with Gasteiger partial charge in [0.05, 0.1) is 11.6 Å². The Morgan fingerprint density at radius 1 is 1.19 bits per heavy atom. The van der Waals surface area contributed by atoms with Crippen molar-refractivity contribution in [2.45, 2.75) is 43.9 Å². The number of carboxylic acid groups (broad SMARTS) is 1. The Balaban J connectivity index is 1.67. The minimum Gasteiger partial charge on any atom is -0.481 e. The fraction of sp³-hybridized carbons (Fsp3) is 0.412. The first-order valence-electron chi connectivity index (χ1n) is 7.55. The van der Waals surface area contributed by atoms with E-state index in [9.17, 15) is 9.90 Å². The van der Waals surface area contributed by atoms with Gasteiger partial charge in [-0.3, -0.25) is 4.79 Å². The highest BCUT2D eigenvalue weighted by Crippen LogP contribution is 2.42. The highest BCUT2D eigenvalue weighted by molar-refractivity contribution is 7.15. The average Bonchev–Trinajstić information content (AvgIpc) is 3.25. The van der Waals surface area contributed by atoms with E-state index in [0.717, 1.165) is 39.9 Å². The second kappa shape index (κ2) is 4.95. The van der Waals surface area contributed by atoms with Crippen molar-refractivity contribution in [1.82, 2.24) is 4.98 Å². The summed E-state index contributed by atoms with van der Waals surface area (Å²) >= 11 is 1.67. The number of benzene rings is 1. The van der Waals surface area contributed by atoms with Crippen molar-refractivity contribution in [3.63, 3.8) is 0 Å². The van der Waals surface area contributed by atoms with Crippen LogP contribution >= 0.6 is 11.3 Å². The second-order valence-corrected chi connectivity index (χ2v) is 7.09. The summed E-state index contributed by atoms with van der Waals surface area (Å²) < 4.78 is 0. The maximum Gasteiger partial charge on any atom is 0.312 e. The Morgan fingerprint density at radius 2 is 1.95 bits per heavy atom. The molecule has 2 aliphatic carbocycles. The van der Waals surface area contributed by atoms with E-state index >= 15 is 0 Å². The molecule has 1 fully saturated rings. The fourth-order valence-corrected chi connectivity index (χ4v) is 4.27. The van der Waals surface area contributed by atoms with Crippen molar-refractivity contribution in [1.29, 1.82) is 0 Å². The molecule has 108 valence electrons. The van der Waals surface area contributed by atoms with E-state index in [0.29, 0.717) is 6.42 Å². The summed E-state index contributed by atoms with van der Waals surface area (Å²) in [5.41, 5.74) is 3.34. The van der Waals surface area contributed by atoms with Gasteiger partial charge in [-0.2, -0.15) is 0 Å². The number of aromatic nitrogens is 1. The number of carboxylic acids is 1. The molecule has 0 bridgehead atoms. The van der Waals surface area contributed by atoms with Gasteiger partial charge in [-0.1, -0.05) is 24.3 Å². The number of nitrogens with zero attached hydrogens (tertiary/aromatic N) is 1. The summed E-state index contributed by atoms with van der Waals surface area (Å²) in [6.07, 6.45) is 5.26. The zero-order valence-corrected chi connectivity index (χ0v) is 12.5. The lowest BCUT2D eigenvalue weighted by molar-refractivity contribution is -0.139. The number of thiazole rings is 1. The van der Waals surface area contributed by atoms with Gasteiger partial charge in [0.2, 0.25) is 0 Å². The summed E-state index contributed by atoms with van der Waals surface area (Å²) in [7, 11) is 0. The topological polar surface area (TPSA) is 50.2 Å². The molecule has 3 nitrogen and oxygen atoms in total. The predicted molar refractivity (Wildman–Crippen MR) is 82.8 cm³/mol. The van der Waals surface area contributed by atoms with Gasteiger partial charge >= 0.3 is 5.97 Å². The van der Waals surface area contributed by atoms with Gasteiger partial charge in [0.1, 0.15) is 5.01 Å². The van der Waals surface area contributed by atoms with E-state index in [-0.39, 0.29) is 0 Å². The van der Waals surface area contributed by atoms with E-state index in [1.54, 1.807) is 11.3 Å². The highest BCUT2D eigenvalue weighted by atomic mass is 32.1. The van der Waals surface area contributed by atoms with Crippen LogP contribution in [0.3, 0.4) is 0 Å². The molecule has 0 amide bonds. The second-order valence-electron chi connectivity index (χ2n) is 6.01. The Labute approximate surface area is 127 Å². The van der Waals surface area contributed by atoms with Crippen molar-refractivity contribution in [2.24, 2.45) is 0 Å².